The molecular formula is C25H41F3O. The smallest absolute Gasteiger partial charge is 0.383 e. The van der Waals surface area contributed by atoms with Gasteiger partial charge in [0.25, 0.3) is 0 Å². The van der Waals surface area contributed by atoms with E-state index in [1.165, 1.54) is 44.9 Å². The number of aliphatic hydroxyl groups excluding tert-OH is 1. The first kappa shape index (κ1) is 22.0. The van der Waals surface area contributed by atoms with E-state index in [-0.39, 0.29) is 11.3 Å². The van der Waals surface area contributed by atoms with Gasteiger partial charge in [-0.25, -0.2) is 0 Å². The molecule has 0 radical (unpaired) electrons. The number of hydrogen-bond acceptors (Lipinski definition) is 1. The van der Waals surface area contributed by atoms with Crippen LogP contribution in [0.4, 0.5) is 13.2 Å². The summed E-state index contributed by atoms with van der Waals surface area (Å²) in [5, 5.41) is 9.97. The number of fused-ring (bicyclic) bond motifs is 5. The molecule has 4 heteroatoms. The van der Waals surface area contributed by atoms with Crippen LogP contribution < -0.4 is 0 Å². The fourth-order valence-electron chi connectivity index (χ4n) is 9.14. The Bertz CT molecular complexity index is 603. The van der Waals surface area contributed by atoms with Crippen molar-refractivity contribution >= 4 is 0 Å². The van der Waals surface area contributed by atoms with Gasteiger partial charge in [0.15, 0.2) is 6.10 Å². The zero-order valence-electron chi connectivity index (χ0n) is 18.8. The van der Waals surface area contributed by atoms with Gasteiger partial charge in [0.2, 0.25) is 0 Å². The summed E-state index contributed by atoms with van der Waals surface area (Å²) in [6, 6.07) is 0. The molecular weight excluding hydrogens is 373 g/mol. The van der Waals surface area contributed by atoms with Crippen LogP contribution in [-0.2, 0) is 0 Å². The van der Waals surface area contributed by atoms with Crippen molar-refractivity contribution in [2.45, 2.75) is 104 Å². The molecule has 4 saturated carbocycles. The second kappa shape index (κ2) is 7.41. The van der Waals surface area contributed by atoms with Crippen molar-refractivity contribution in [3.8, 4) is 0 Å². The monoisotopic (exact) mass is 414 g/mol. The molecule has 29 heavy (non-hydrogen) atoms. The third-order valence-corrected chi connectivity index (χ3v) is 10.9. The van der Waals surface area contributed by atoms with Gasteiger partial charge < -0.3 is 5.11 Å². The lowest BCUT2D eigenvalue weighted by Gasteiger charge is -2.61. The summed E-state index contributed by atoms with van der Waals surface area (Å²) in [5.74, 6) is 3.05. The second-order valence-electron chi connectivity index (χ2n) is 11.8. The van der Waals surface area contributed by atoms with Gasteiger partial charge in [-0.3, -0.25) is 0 Å². The van der Waals surface area contributed by atoms with E-state index in [2.05, 4.69) is 20.8 Å². The highest BCUT2D eigenvalue weighted by Crippen LogP contribution is 2.68. The third-order valence-electron chi connectivity index (χ3n) is 10.9. The van der Waals surface area contributed by atoms with Gasteiger partial charge in [-0.2, -0.15) is 13.2 Å². The molecule has 0 bridgehead atoms. The van der Waals surface area contributed by atoms with Crippen LogP contribution in [0.15, 0.2) is 0 Å². The number of rotatable bonds is 3. The van der Waals surface area contributed by atoms with E-state index in [1.807, 2.05) is 0 Å². The lowest BCUT2D eigenvalue weighted by Crippen LogP contribution is -2.54. The van der Waals surface area contributed by atoms with Crippen molar-refractivity contribution in [3.05, 3.63) is 0 Å². The van der Waals surface area contributed by atoms with Crippen LogP contribution in [0.3, 0.4) is 0 Å². The molecule has 0 heterocycles. The summed E-state index contributed by atoms with van der Waals surface area (Å²) in [7, 11) is 0. The Hall–Kier alpha value is -0.250. The maximum absolute atomic E-state index is 13.2. The Morgan fingerprint density at radius 2 is 1.59 bits per heavy atom. The predicted octanol–water partition coefficient (Wildman–Crippen LogP) is 7.23. The van der Waals surface area contributed by atoms with Gasteiger partial charge in [0, 0.05) is 0 Å². The molecule has 1 nitrogen and oxygen atoms in total. The van der Waals surface area contributed by atoms with Gasteiger partial charge in [-0.15, -0.1) is 0 Å². The zero-order chi connectivity index (χ0) is 21.2. The molecule has 0 aromatic carbocycles. The van der Waals surface area contributed by atoms with E-state index in [0.717, 1.165) is 37.0 Å². The summed E-state index contributed by atoms with van der Waals surface area (Å²) in [4.78, 5) is 0. The number of alkyl halides is 3. The Balaban J connectivity index is 1.54. The van der Waals surface area contributed by atoms with Gasteiger partial charge in [0.1, 0.15) is 0 Å². The highest BCUT2D eigenvalue weighted by Gasteiger charge is 2.61. The molecule has 168 valence electrons. The van der Waals surface area contributed by atoms with Crippen LogP contribution in [0.25, 0.3) is 0 Å². The summed E-state index contributed by atoms with van der Waals surface area (Å²) in [6.45, 7) is 8.81. The normalized spacial score (nSPS) is 49.7. The number of halogens is 3. The molecule has 4 fully saturated rings. The Morgan fingerprint density at radius 3 is 2.24 bits per heavy atom. The topological polar surface area (TPSA) is 20.2 Å². The molecule has 0 amide bonds. The molecule has 0 aromatic rings. The standard InChI is InChI=1S/C25H41F3O/c1-5-16-10-12-23(3)17(14-16)6-7-18-20-9-8-19(15(2)22(29)25(26,27)28)24(20,4)13-11-21(18)23/h15-22,29H,5-14H2,1-4H3/t15-,16+,17-,18+,19?,20?,21?,22?,23+,24-/m1/s1. The summed E-state index contributed by atoms with van der Waals surface area (Å²) < 4.78 is 39.7. The summed E-state index contributed by atoms with van der Waals surface area (Å²) in [5.41, 5.74) is 0.418. The first-order valence-electron chi connectivity index (χ1n) is 12.3. The fourth-order valence-corrected chi connectivity index (χ4v) is 9.14. The molecule has 4 rings (SSSR count). The van der Waals surface area contributed by atoms with E-state index in [1.54, 1.807) is 6.92 Å². The molecule has 0 spiro atoms. The molecule has 4 aliphatic carbocycles. The Kier molecular flexibility index (Phi) is 5.62. The van der Waals surface area contributed by atoms with Crippen molar-refractivity contribution in [1.29, 1.82) is 0 Å². The lowest BCUT2D eigenvalue weighted by atomic mass is 9.44. The molecule has 0 saturated heterocycles. The van der Waals surface area contributed by atoms with Crippen molar-refractivity contribution in [2.75, 3.05) is 0 Å². The minimum Gasteiger partial charge on any atom is -0.383 e. The molecule has 0 aliphatic heterocycles. The van der Waals surface area contributed by atoms with Crippen molar-refractivity contribution in [1.82, 2.24) is 0 Å². The van der Waals surface area contributed by atoms with Crippen molar-refractivity contribution < 1.29 is 18.3 Å². The quantitative estimate of drug-likeness (QED) is 0.516. The van der Waals surface area contributed by atoms with Gasteiger partial charge in [-0.05, 0) is 110 Å². The molecule has 10 atom stereocenters. The second-order valence-corrected chi connectivity index (χ2v) is 11.8. The molecule has 4 unspecified atom stereocenters. The number of hydrogen-bond donors (Lipinski definition) is 1. The maximum Gasteiger partial charge on any atom is 0.414 e. The van der Waals surface area contributed by atoms with Crippen molar-refractivity contribution in [2.24, 2.45) is 52.3 Å². The van der Waals surface area contributed by atoms with Crippen LogP contribution in [0, 0.1) is 52.3 Å². The van der Waals surface area contributed by atoms with Crippen LogP contribution in [0.1, 0.15) is 91.9 Å². The lowest BCUT2D eigenvalue weighted by molar-refractivity contribution is -0.228. The van der Waals surface area contributed by atoms with E-state index in [9.17, 15) is 18.3 Å². The van der Waals surface area contributed by atoms with E-state index in [4.69, 9.17) is 0 Å². The fraction of sp³-hybridized carbons (Fsp3) is 1.00. The van der Waals surface area contributed by atoms with Crippen LogP contribution in [0.2, 0.25) is 0 Å². The SMILES string of the molecule is CC[C@H]1CC[C@]2(C)C3CC[C@]4(C)C([C@@H](C)C(O)C(F)(F)F)CCC4[C@@H]3CC[C@@H]2C1. The average molecular weight is 415 g/mol. The van der Waals surface area contributed by atoms with E-state index >= 15 is 0 Å². The summed E-state index contributed by atoms with van der Waals surface area (Å²) in [6.07, 6.45) is 5.51. The zero-order valence-corrected chi connectivity index (χ0v) is 18.8. The largest absolute Gasteiger partial charge is 0.414 e. The van der Waals surface area contributed by atoms with E-state index < -0.39 is 18.2 Å². The third kappa shape index (κ3) is 3.38. The molecule has 4 aliphatic rings. The first-order chi connectivity index (χ1) is 13.5. The van der Waals surface area contributed by atoms with Crippen LogP contribution >= 0.6 is 0 Å². The summed E-state index contributed by atoms with van der Waals surface area (Å²) >= 11 is 0. The predicted molar refractivity (Wildman–Crippen MR) is 110 cm³/mol. The Morgan fingerprint density at radius 1 is 0.931 bits per heavy atom. The first-order valence-corrected chi connectivity index (χ1v) is 12.3. The Labute approximate surface area is 175 Å². The maximum atomic E-state index is 13.2. The average Bonchev–Trinajstić information content (AvgIpc) is 3.02. The van der Waals surface area contributed by atoms with Gasteiger partial charge >= 0.3 is 6.18 Å². The highest BCUT2D eigenvalue weighted by atomic mass is 19.4. The van der Waals surface area contributed by atoms with Crippen LogP contribution in [0.5, 0.6) is 0 Å². The highest BCUT2D eigenvalue weighted by molar-refractivity contribution is 5.10. The van der Waals surface area contributed by atoms with Crippen molar-refractivity contribution in [3.63, 3.8) is 0 Å². The molecule has 0 aromatic heterocycles. The van der Waals surface area contributed by atoms with E-state index in [0.29, 0.717) is 17.3 Å². The van der Waals surface area contributed by atoms with Gasteiger partial charge in [0.05, 0.1) is 0 Å². The minimum absolute atomic E-state index is 0.00793. The minimum atomic E-state index is -4.51. The number of aliphatic hydroxyl groups is 1. The van der Waals surface area contributed by atoms with Crippen LogP contribution in [-0.4, -0.2) is 17.4 Å². The van der Waals surface area contributed by atoms with Gasteiger partial charge in [-0.1, -0.05) is 34.1 Å². The molecule has 1 N–H and O–H groups in total.